The van der Waals surface area contributed by atoms with Gasteiger partial charge in [0.25, 0.3) is 0 Å². The summed E-state index contributed by atoms with van der Waals surface area (Å²) >= 11 is 2.77. The van der Waals surface area contributed by atoms with Crippen LogP contribution in [-0.4, -0.2) is 39.2 Å². The van der Waals surface area contributed by atoms with Crippen LogP contribution in [0.3, 0.4) is 0 Å². The summed E-state index contributed by atoms with van der Waals surface area (Å²) in [6.45, 7) is 4.01. The Labute approximate surface area is 133 Å². The van der Waals surface area contributed by atoms with Gasteiger partial charge < -0.3 is 0 Å². The van der Waals surface area contributed by atoms with Gasteiger partial charge in [0, 0.05) is 12.7 Å². The Morgan fingerprint density at radius 3 is 2.73 bits per heavy atom. The van der Waals surface area contributed by atoms with Crippen LogP contribution in [0, 0.1) is 6.92 Å². The van der Waals surface area contributed by atoms with E-state index in [9.17, 15) is 0 Å². The summed E-state index contributed by atoms with van der Waals surface area (Å²) in [5.41, 5.74) is 2.86. The number of nitrogens with zero attached hydrogens (tertiary/aromatic N) is 8. The molecule has 0 aliphatic rings. The first-order valence-electron chi connectivity index (χ1n) is 6.72. The maximum Gasteiger partial charge on any atom is 0.235 e. The largest absolute Gasteiger partial charge is 0.272 e. The molecule has 0 aliphatic carbocycles. The summed E-state index contributed by atoms with van der Waals surface area (Å²) in [7, 11) is 1.94. The summed E-state index contributed by atoms with van der Waals surface area (Å²) in [4.78, 5) is 1.63. The number of aryl methyl sites for hydroxylation is 3. The van der Waals surface area contributed by atoms with Crippen LogP contribution in [0.5, 0.6) is 0 Å². The molecule has 8 nitrogen and oxygen atoms in total. The molecule has 0 N–H and O–H groups in total. The average Bonchev–Trinajstić information content (AvgIpc) is 3.21. The molecule has 4 heterocycles. The molecule has 0 radical (unpaired) electrons. The van der Waals surface area contributed by atoms with Crippen molar-refractivity contribution in [2.24, 2.45) is 7.05 Å². The number of fused-ring (bicyclic) bond motifs is 1. The summed E-state index contributed by atoms with van der Waals surface area (Å²) < 4.78 is 7.57. The first-order valence-corrected chi connectivity index (χ1v) is 8.31. The summed E-state index contributed by atoms with van der Waals surface area (Å²) in [6.07, 6.45) is 0.935. The SMILES string of the molecule is CCc1cc(-c2nn3c(-c4snnc4C)nnc3s2)nn1C. The van der Waals surface area contributed by atoms with Gasteiger partial charge in [0.1, 0.15) is 10.6 Å². The van der Waals surface area contributed by atoms with Gasteiger partial charge in [0.05, 0.1) is 5.69 Å². The van der Waals surface area contributed by atoms with Crippen molar-refractivity contribution in [3.8, 4) is 21.4 Å². The maximum absolute atomic E-state index is 4.61. The van der Waals surface area contributed by atoms with E-state index in [-0.39, 0.29) is 0 Å². The molecule has 112 valence electrons. The first kappa shape index (κ1) is 13.5. The van der Waals surface area contributed by atoms with E-state index in [0.29, 0.717) is 5.82 Å². The third-order valence-corrected chi connectivity index (χ3v) is 5.15. The second-order valence-corrected chi connectivity index (χ2v) is 6.52. The normalized spacial score (nSPS) is 11.6. The van der Waals surface area contributed by atoms with Crippen molar-refractivity contribution >= 4 is 27.8 Å². The summed E-state index contributed by atoms with van der Waals surface area (Å²) in [5.74, 6) is 0.677. The van der Waals surface area contributed by atoms with Gasteiger partial charge in [-0.2, -0.15) is 14.7 Å². The Kier molecular flexibility index (Phi) is 3.01. The first-order chi connectivity index (χ1) is 10.7. The highest BCUT2D eigenvalue weighted by atomic mass is 32.1. The van der Waals surface area contributed by atoms with Crippen LogP contribution in [0.4, 0.5) is 0 Å². The van der Waals surface area contributed by atoms with Gasteiger partial charge in [0.15, 0.2) is 10.8 Å². The lowest BCUT2D eigenvalue weighted by atomic mass is 10.3. The predicted octanol–water partition coefficient (Wildman–Crippen LogP) is 1.98. The zero-order chi connectivity index (χ0) is 15.3. The van der Waals surface area contributed by atoms with E-state index in [1.807, 2.05) is 18.7 Å². The van der Waals surface area contributed by atoms with E-state index in [4.69, 9.17) is 0 Å². The third-order valence-electron chi connectivity index (χ3n) is 3.40. The van der Waals surface area contributed by atoms with Gasteiger partial charge in [0.2, 0.25) is 4.96 Å². The number of hydrogen-bond acceptors (Lipinski definition) is 8. The van der Waals surface area contributed by atoms with Gasteiger partial charge in [-0.05, 0) is 30.9 Å². The Hall–Kier alpha value is -2.20. The van der Waals surface area contributed by atoms with Crippen molar-refractivity contribution in [1.82, 2.24) is 39.2 Å². The maximum atomic E-state index is 4.61. The highest BCUT2D eigenvalue weighted by Gasteiger charge is 2.19. The van der Waals surface area contributed by atoms with E-state index < -0.39 is 0 Å². The molecule has 22 heavy (non-hydrogen) atoms. The fraction of sp³-hybridized carbons (Fsp3) is 0.333. The van der Waals surface area contributed by atoms with Gasteiger partial charge in [-0.3, -0.25) is 4.68 Å². The summed E-state index contributed by atoms with van der Waals surface area (Å²) in [5, 5.41) is 22.4. The molecule has 0 amide bonds. The lowest BCUT2D eigenvalue weighted by Gasteiger charge is -1.93. The molecule has 0 unspecified atom stereocenters. The van der Waals surface area contributed by atoms with Crippen molar-refractivity contribution in [2.45, 2.75) is 20.3 Å². The van der Waals surface area contributed by atoms with Gasteiger partial charge in [-0.25, -0.2) is 0 Å². The van der Waals surface area contributed by atoms with E-state index in [1.54, 1.807) is 4.52 Å². The highest BCUT2D eigenvalue weighted by molar-refractivity contribution is 7.19. The average molecular weight is 332 g/mol. The van der Waals surface area contributed by atoms with Crippen LogP contribution in [0.1, 0.15) is 18.3 Å². The predicted molar refractivity (Wildman–Crippen MR) is 83.9 cm³/mol. The zero-order valence-electron chi connectivity index (χ0n) is 12.2. The summed E-state index contributed by atoms with van der Waals surface area (Å²) in [6, 6.07) is 2.06. The molecule has 0 spiro atoms. The van der Waals surface area contributed by atoms with Crippen LogP contribution in [0.25, 0.3) is 26.4 Å². The standard InChI is InChI=1S/C12H12N8S2/c1-4-7-5-8(16-19(7)3)11-17-20-10(14-15-12(20)21-11)9-6(2)13-18-22-9/h5H,4H2,1-3H3. The minimum absolute atomic E-state index is 0.677. The number of rotatable bonds is 3. The molecular formula is C12H12N8S2. The van der Waals surface area contributed by atoms with E-state index in [0.717, 1.165) is 32.7 Å². The molecule has 0 bridgehead atoms. The third kappa shape index (κ3) is 1.95. The zero-order valence-corrected chi connectivity index (χ0v) is 13.8. The van der Waals surface area contributed by atoms with Crippen LogP contribution in [0.15, 0.2) is 6.07 Å². The van der Waals surface area contributed by atoms with Gasteiger partial charge in [-0.1, -0.05) is 22.7 Å². The number of aromatic nitrogens is 8. The minimum atomic E-state index is 0.677. The lowest BCUT2D eigenvalue weighted by Crippen LogP contribution is -1.95. The molecule has 10 heteroatoms. The second-order valence-electron chi connectivity index (χ2n) is 4.81. The van der Waals surface area contributed by atoms with E-state index >= 15 is 0 Å². The van der Waals surface area contributed by atoms with Crippen LogP contribution < -0.4 is 0 Å². The van der Waals surface area contributed by atoms with Gasteiger partial charge in [-0.15, -0.1) is 15.3 Å². The molecule has 4 aromatic heterocycles. The number of hydrogen-bond donors (Lipinski definition) is 0. The molecule has 4 rings (SSSR count). The molecule has 0 atom stereocenters. The second kappa shape index (κ2) is 4.92. The molecular weight excluding hydrogens is 320 g/mol. The Balaban J connectivity index is 1.84. The van der Waals surface area contributed by atoms with Crippen molar-refractivity contribution < 1.29 is 0 Å². The van der Waals surface area contributed by atoms with Crippen LogP contribution in [0.2, 0.25) is 0 Å². The molecule has 0 saturated carbocycles. The quantitative estimate of drug-likeness (QED) is 0.570. The molecule has 0 saturated heterocycles. The van der Waals surface area contributed by atoms with Crippen molar-refractivity contribution in [3.05, 3.63) is 17.5 Å². The van der Waals surface area contributed by atoms with E-state index in [1.165, 1.54) is 28.6 Å². The molecule has 0 aliphatic heterocycles. The van der Waals surface area contributed by atoms with E-state index in [2.05, 4.69) is 43.0 Å². The molecule has 4 aromatic rings. The van der Waals surface area contributed by atoms with Crippen LogP contribution in [-0.2, 0) is 13.5 Å². The molecule has 0 fully saturated rings. The fourth-order valence-electron chi connectivity index (χ4n) is 2.24. The van der Waals surface area contributed by atoms with Crippen molar-refractivity contribution in [2.75, 3.05) is 0 Å². The lowest BCUT2D eigenvalue weighted by molar-refractivity contribution is 0.720. The van der Waals surface area contributed by atoms with Crippen molar-refractivity contribution in [1.29, 1.82) is 0 Å². The smallest absolute Gasteiger partial charge is 0.235 e. The highest BCUT2D eigenvalue weighted by Crippen LogP contribution is 2.29. The topological polar surface area (TPSA) is 86.7 Å². The Bertz CT molecular complexity index is 959. The van der Waals surface area contributed by atoms with Crippen molar-refractivity contribution in [3.63, 3.8) is 0 Å². The Morgan fingerprint density at radius 1 is 1.18 bits per heavy atom. The van der Waals surface area contributed by atoms with Gasteiger partial charge >= 0.3 is 0 Å². The monoisotopic (exact) mass is 332 g/mol. The fourth-order valence-corrected chi connectivity index (χ4v) is 3.66. The van der Waals surface area contributed by atoms with Crippen LogP contribution >= 0.6 is 22.9 Å². The molecule has 0 aromatic carbocycles. The Morgan fingerprint density at radius 2 is 2.05 bits per heavy atom. The minimum Gasteiger partial charge on any atom is -0.272 e.